The molecule has 0 aliphatic carbocycles. The van der Waals surface area contributed by atoms with Crippen molar-refractivity contribution in [2.24, 2.45) is 5.73 Å². The van der Waals surface area contributed by atoms with Crippen molar-refractivity contribution in [1.29, 1.82) is 0 Å². The molecule has 0 aliphatic rings. The van der Waals surface area contributed by atoms with Crippen LogP contribution in [0, 0.1) is 11.6 Å². The van der Waals surface area contributed by atoms with Gasteiger partial charge < -0.3 is 10.2 Å². The van der Waals surface area contributed by atoms with Gasteiger partial charge in [0, 0.05) is 6.07 Å². The molecule has 2 nitrogen and oxygen atoms in total. The molecule has 0 amide bonds. The Bertz CT molecular complexity index is 492. The smallest absolute Gasteiger partial charge is 0.193 e. The van der Waals surface area contributed by atoms with Crippen molar-refractivity contribution < 1.29 is 13.2 Å². The molecular weight excluding hydrogens is 236 g/mol. The maximum atomic E-state index is 13.0. The lowest BCUT2D eigenvalue weighted by Crippen LogP contribution is -2.11. The van der Waals surface area contributed by atoms with E-state index < -0.39 is 17.7 Å². The topological polar surface area (TPSA) is 39.2 Å². The van der Waals surface area contributed by atoms with E-state index in [0.29, 0.717) is 11.3 Å². The van der Waals surface area contributed by atoms with Gasteiger partial charge in [0.15, 0.2) is 5.22 Å². The molecule has 0 fully saturated rings. The third kappa shape index (κ3) is 2.23. The molecule has 2 rings (SSSR count). The molecule has 1 heterocycles. The first-order valence-electron chi connectivity index (χ1n) is 4.53. The highest BCUT2D eigenvalue weighted by molar-refractivity contribution is 6.28. The highest BCUT2D eigenvalue weighted by atomic mass is 35.5. The average Bonchev–Trinajstić information content (AvgIpc) is 2.62. The molecule has 2 aromatic rings. The summed E-state index contributed by atoms with van der Waals surface area (Å²) in [6.07, 6.45) is 0. The first kappa shape index (κ1) is 11.1. The quantitative estimate of drug-likeness (QED) is 0.879. The normalized spacial score (nSPS) is 12.8. The van der Waals surface area contributed by atoms with Crippen LogP contribution >= 0.6 is 11.6 Å². The van der Waals surface area contributed by atoms with E-state index >= 15 is 0 Å². The molecule has 1 aromatic carbocycles. The Morgan fingerprint density at radius 2 is 1.75 bits per heavy atom. The summed E-state index contributed by atoms with van der Waals surface area (Å²) in [5, 5.41) is 0.183. The van der Waals surface area contributed by atoms with Crippen molar-refractivity contribution >= 4 is 11.6 Å². The van der Waals surface area contributed by atoms with E-state index in [0.717, 1.165) is 18.2 Å². The van der Waals surface area contributed by atoms with E-state index in [2.05, 4.69) is 0 Å². The Morgan fingerprint density at radius 1 is 1.12 bits per heavy atom. The standard InChI is InChI=1S/C11H8ClF2NO/c12-10-2-1-9(16-10)11(15)6-3-7(13)5-8(14)4-6/h1-5,11H,15H2. The van der Waals surface area contributed by atoms with Crippen molar-refractivity contribution in [2.45, 2.75) is 6.04 Å². The highest BCUT2D eigenvalue weighted by Crippen LogP contribution is 2.24. The van der Waals surface area contributed by atoms with Crippen LogP contribution in [0.25, 0.3) is 0 Å². The number of hydrogen-bond donors (Lipinski definition) is 1. The average molecular weight is 244 g/mol. The van der Waals surface area contributed by atoms with Crippen LogP contribution in [0.5, 0.6) is 0 Å². The van der Waals surface area contributed by atoms with Crippen LogP contribution in [0.15, 0.2) is 34.7 Å². The fraction of sp³-hybridized carbons (Fsp3) is 0.0909. The molecule has 5 heteroatoms. The van der Waals surface area contributed by atoms with Gasteiger partial charge in [0.1, 0.15) is 17.4 Å². The van der Waals surface area contributed by atoms with Crippen molar-refractivity contribution in [3.63, 3.8) is 0 Å². The van der Waals surface area contributed by atoms with E-state index in [9.17, 15) is 8.78 Å². The zero-order valence-corrected chi connectivity index (χ0v) is 8.84. The summed E-state index contributed by atoms with van der Waals surface area (Å²) in [6, 6.07) is 5.44. The molecule has 0 saturated carbocycles. The first-order chi connectivity index (χ1) is 7.56. The predicted octanol–water partition coefficient (Wildman–Crippen LogP) is 3.26. The fourth-order valence-electron chi connectivity index (χ4n) is 1.41. The summed E-state index contributed by atoms with van der Waals surface area (Å²) in [5.41, 5.74) is 6.08. The minimum absolute atomic E-state index is 0.183. The first-order valence-corrected chi connectivity index (χ1v) is 4.91. The van der Waals surface area contributed by atoms with Gasteiger partial charge >= 0.3 is 0 Å². The highest BCUT2D eigenvalue weighted by Gasteiger charge is 2.14. The summed E-state index contributed by atoms with van der Waals surface area (Å²) in [5.74, 6) is -0.999. The summed E-state index contributed by atoms with van der Waals surface area (Å²) >= 11 is 5.58. The minimum Gasteiger partial charge on any atom is -0.448 e. The van der Waals surface area contributed by atoms with E-state index in [4.69, 9.17) is 21.8 Å². The molecule has 2 N–H and O–H groups in total. The van der Waals surface area contributed by atoms with Crippen LogP contribution in [0.2, 0.25) is 5.22 Å². The van der Waals surface area contributed by atoms with E-state index in [1.165, 1.54) is 6.07 Å². The third-order valence-electron chi connectivity index (χ3n) is 2.14. The zero-order chi connectivity index (χ0) is 11.7. The maximum absolute atomic E-state index is 13.0. The van der Waals surface area contributed by atoms with Crippen molar-refractivity contribution in [3.05, 3.63) is 58.5 Å². The molecule has 0 spiro atoms. The Morgan fingerprint density at radius 3 is 2.25 bits per heavy atom. The number of rotatable bonds is 2. The molecular formula is C11H8ClF2NO. The number of nitrogens with two attached hydrogens (primary N) is 1. The molecule has 1 atom stereocenters. The summed E-state index contributed by atoms with van der Waals surface area (Å²) in [4.78, 5) is 0. The molecule has 1 aromatic heterocycles. The SMILES string of the molecule is NC(c1cc(F)cc(F)c1)c1ccc(Cl)o1. The second-order valence-electron chi connectivity index (χ2n) is 3.32. The number of furan rings is 1. The number of halogens is 3. The zero-order valence-electron chi connectivity index (χ0n) is 8.08. The largest absolute Gasteiger partial charge is 0.448 e. The fourth-order valence-corrected chi connectivity index (χ4v) is 1.57. The molecule has 0 aliphatic heterocycles. The number of benzene rings is 1. The van der Waals surface area contributed by atoms with Gasteiger partial charge in [-0.25, -0.2) is 8.78 Å². The van der Waals surface area contributed by atoms with Crippen molar-refractivity contribution in [2.75, 3.05) is 0 Å². The van der Waals surface area contributed by atoms with Gasteiger partial charge in [0.2, 0.25) is 0 Å². The maximum Gasteiger partial charge on any atom is 0.193 e. The summed E-state index contributed by atoms with van der Waals surface area (Å²) < 4.78 is 31.0. The molecule has 0 radical (unpaired) electrons. The van der Waals surface area contributed by atoms with E-state index in [1.54, 1.807) is 6.07 Å². The van der Waals surface area contributed by atoms with Crippen LogP contribution < -0.4 is 5.73 Å². The van der Waals surface area contributed by atoms with Crippen LogP contribution in [0.4, 0.5) is 8.78 Å². The number of hydrogen-bond acceptors (Lipinski definition) is 2. The van der Waals surface area contributed by atoms with Gasteiger partial charge in [-0.2, -0.15) is 0 Å². The van der Waals surface area contributed by atoms with E-state index in [-0.39, 0.29) is 5.22 Å². The van der Waals surface area contributed by atoms with Crippen molar-refractivity contribution in [1.82, 2.24) is 0 Å². The lowest BCUT2D eigenvalue weighted by atomic mass is 10.1. The van der Waals surface area contributed by atoms with Gasteiger partial charge in [0.25, 0.3) is 0 Å². The van der Waals surface area contributed by atoms with Gasteiger partial charge in [-0.05, 0) is 41.4 Å². The van der Waals surface area contributed by atoms with Crippen molar-refractivity contribution in [3.8, 4) is 0 Å². The van der Waals surface area contributed by atoms with Gasteiger partial charge in [-0.1, -0.05) is 0 Å². The Balaban J connectivity index is 2.37. The molecule has 0 saturated heterocycles. The lowest BCUT2D eigenvalue weighted by molar-refractivity contribution is 0.488. The van der Waals surface area contributed by atoms with Gasteiger partial charge in [0.05, 0.1) is 6.04 Å². The Hall–Kier alpha value is -1.39. The van der Waals surface area contributed by atoms with Crippen LogP contribution in [0.3, 0.4) is 0 Å². The Kier molecular flexibility index (Phi) is 2.94. The van der Waals surface area contributed by atoms with Crippen LogP contribution in [-0.4, -0.2) is 0 Å². The molecule has 1 unspecified atom stereocenters. The predicted molar refractivity (Wildman–Crippen MR) is 56.1 cm³/mol. The van der Waals surface area contributed by atoms with Crippen LogP contribution in [-0.2, 0) is 0 Å². The monoisotopic (exact) mass is 243 g/mol. The third-order valence-corrected chi connectivity index (χ3v) is 2.35. The molecule has 0 bridgehead atoms. The van der Waals surface area contributed by atoms with Gasteiger partial charge in [-0.3, -0.25) is 0 Å². The van der Waals surface area contributed by atoms with Crippen LogP contribution in [0.1, 0.15) is 17.4 Å². The second-order valence-corrected chi connectivity index (χ2v) is 3.69. The summed E-state index contributed by atoms with van der Waals surface area (Å²) in [7, 11) is 0. The lowest BCUT2D eigenvalue weighted by Gasteiger charge is -2.09. The minimum atomic E-state index is -0.738. The van der Waals surface area contributed by atoms with Gasteiger partial charge in [-0.15, -0.1) is 0 Å². The molecule has 84 valence electrons. The molecule has 16 heavy (non-hydrogen) atoms. The Labute approximate surface area is 95.6 Å². The second kappa shape index (κ2) is 4.23. The van der Waals surface area contributed by atoms with E-state index in [1.807, 2.05) is 0 Å². The summed E-state index contributed by atoms with van der Waals surface area (Å²) in [6.45, 7) is 0.